The molecule has 7 heteroatoms. The molecule has 0 aromatic heterocycles. The number of urea groups is 1. The lowest BCUT2D eigenvalue weighted by Gasteiger charge is -2.16. The smallest absolute Gasteiger partial charge is 0.328 e. The molecule has 2 amide bonds. The van der Waals surface area contributed by atoms with E-state index < -0.39 is 12.0 Å². The van der Waals surface area contributed by atoms with Crippen molar-refractivity contribution in [2.24, 2.45) is 0 Å². The number of hydrogen-bond donors (Lipinski definition) is 2. The summed E-state index contributed by atoms with van der Waals surface area (Å²) in [7, 11) is 1.32. The average Bonchev–Trinajstić information content (AvgIpc) is 2.42. The van der Waals surface area contributed by atoms with Crippen LogP contribution in [0.5, 0.6) is 0 Å². The molecule has 0 fully saturated rings. The number of amides is 2. The van der Waals surface area contributed by atoms with Crippen molar-refractivity contribution in [1.29, 1.82) is 0 Å². The third-order valence-electron chi connectivity index (χ3n) is 2.36. The lowest BCUT2D eigenvalue weighted by atomic mass is 10.2. The zero-order chi connectivity index (χ0) is 14.5. The molecule has 2 N–H and O–H groups in total. The quantitative estimate of drug-likeness (QED) is 0.464. The molecule has 1 unspecified atom stereocenters. The van der Waals surface area contributed by atoms with E-state index in [1.165, 1.54) is 7.11 Å². The van der Waals surface area contributed by atoms with Gasteiger partial charge >= 0.3 is 12.0 Å². The lowest BCUT2D eigenvalue weighted by Crippen LogP contribution is -2.47. The molecule has 19 heavy (non-hydrogen) atoms. The molecule has 0 aromatic rings. The van der Waals surface area contributed by atoms with Gasteiger partial charge in [-0.3, -0.25) is 0 Å². The minimum atomic E-state index is -0.593. The number of nitrogens with one attached hydrogen (secondary N) is 2. The van der Waals surface area contributed by atoms with Crippen LogP contribution >= 0.6 is 11.8 Å². The molecule has 6 nitrogen and oxygen atoms in total. The van der Waals surface area contributed by atoms with Crippen LogP contribution in [0.4, 0.5) is 4.79 Å². The molecule has 0 heterocycles. The number of thioether (sulfide) groups is 1. The Bertz CT molecular complexity index is 264. The third kappa shape index (κ3) is 9.61. The second-order valence-electron chi connectivity index (χ2n) is 3.81. The molecule has 0 radical (unpaired) electrons. The van der Waals surface area contributed by atoms with Gasteiger partial charge in [0.2, 0.25) is 0 Å². The first-order valence-electron chi connectivity index (χ1n) is 6.34. The number of ether oxygens (including phenoxy) is 2. The van der Waals surface area contributed by atoms with Gasteiger partial charge in [0.15, 0.2) is 0 Å². The van der Waals surface area contributed by atoms with E-state index in [1.54, 1.807) is 11.8 Å². The largest absolute Gasteiger partial charge is 0.467 e. The number of esters is 1. The summed E-state index contributed by atoms with van der Waals surface area (Å²) >= 11 is 1.62. The monoisotopic (exact) mass is 292 g/mol. The normalized spacial score (nSPS) is 11.7. The van der Waals surface area contributed by atoms with Crippen LogP contribution in [-0.4, -0.2) is 56.9 Å². The second kappa shape index (κ2) is 12.1. The van der Waals surface area contributed by atoms with Gasteiger partial charge in [-0.25, -0.2) is 9.59 Å². The Morgan fingerprint density at radius 1 is 1.37 bits per heavy atom. The summed E-state index contributed by atoms with van der Waals surface area (Å²) in [4.78, 5) is 23.1. The van der Waals surface area contributed by atoms with E-state index in [2.05, 4.69) is 15.4 Å². The fourth-order valence-electron chi connectivity index (χ4n) is 1.36. The van der Waals surface area contributed by atoms with Crippen LogP contribution in [0.2, 0.25) is 0 Å². The predicted molar refractivity (Wildman–Crippen MR) is 76.4 cm³/mol. The van der Waals surface area contributed by atoms with E-state index in [0.29, 0.717) is 26.2 Å². The maximum Gasteiger partial charge on any atom is 0.328 e. The van der Waals surface area contributed by atoms with E-state index in [1.807, 2.05) is 13.2 Å². The van der Waals surface area contributed by atoms with Gasteiger partial charge in [0.05, 0.1) is 7.11 Å². The lowest BCUT2D eigenvalue weighted by molar-refractivity contribution is -0.142. The van der Waals surface area contributed by atoms with E-state index in [4.69, 9.17) is 4.74 Å². The molecule has 0 aliphatic rings. The maximum absolute atomic E-state index is 11.6. The van der Waals surface area contributed by atoms with E-state index in [0.717, 1.165) is 12.2 Å². The van der Waals surface area contributed by atoms with Crippen LogP contribution in [0.25, 0.3) is 0 Å². The fourth-order valence-corrected chi connectivity index (χ4v) is 1.83. The van der Waals surface area contributed by atoms with Crippen molar-refractivity contribution in [3.8, 4) is 0 Å². The van der Waals surface area contributed by atoms with Gasteiger partial charge in [-0.2, -0.15) is 11.8 Å². The zero-order valence-corrected chi connectivity index (χ0v) is 12.7. The average molecular weight is 292 g/mol. The molecule has 0 aliphatic heterocycles. The van der Waals surface area contributed by atoms with Crippen molar-refractivity contribution >= 4 is 23.8 Å². The van der Waals surface area contributed by atoms with E-state index in [-0.39, 0.29) is 6.03 Å². The molecule has 1 atom stereocenters. The molecule has 112 valence electrons. The molecular formula is C12H24N2O4S. The van der Waals surface area contributed by atoms with Crippen molar-refractivity contribution in [2.75, 3.05) is 38.9 Å². The van der Waals surface area contributed by atoms with Crippen LogP contribution in [0, 0.1) is 0 Å². The summed E-state index contributed by atoms with van der Waals surface area (Å²) in [6.45, 7) is 3.73. The molecular weight excluding hydrogens is 268 g/mol. The summed E-state index contributed by atoms with van der Waals surface area (Å²) in [5.41, 5.74) is 0. The molecule has 0 bridgehead atoms. The van der Waals surface area contributed by atoms with E-state index in [9.17, 15) is 9.59 Å². The highest BCUT2D eigenvalue weighted by Gasteiger charge is 2.20. The van der Waals surface area contributed by atoms with Crippen LogP contribution in [0.3, 0.4) is 0 Å². The topological polar surface area (TPSA) is 76.7 Å². The summed E-state index contributed by atoms with van der Waals surface area (Å²) < 4.78 is 9.81. The minimum Gasteiger partial charge on any atom is -0.467 e. The Hall–Kier alpha value is -0.950. The summed E-state index contributed by atoms with van der Waals surface area (Å²) in [6, 6.07) is -0.947. The second-order valence-corrected chi connectivity index (χ2v) is 4.79. The van der Waals surface area contributed by atoms with Gasteiger partial charge in [0, 0.05) is 19.8 Å². The van der Waals surface area contributed by atoms with Crippen molar-refractivity contribution in [3.05, 3.63) is 0 Å². The number of carbonyl (C=O) groups is 2. The van der Waals surface area contributed by atoms with Gasteiger partial charge in [-0.15, -0.1) is 0 Å². The molecule has 0 aliphatic carbocycles. The standard InChI is InChI=1S/C12H24N2O4S/c1-4-18-8-5-7-13-12(16)14-10(6-9-19-3)11(15)17-2/h10H,4-9H2,1-3H3,(H2,13,14,16). The Balaban J connectivity index is 3.91. The van der Waals surface area contributed by atoms with Gasteiger partial charge in [0.25, 0.3) is 0 Å². The first-order chi connectivity index (χ1) is 9.15. The molecule has 0 saturated heterocycles. The molecule has 0 spiro atoms. The molecule has 0 aromatic carbocycles. The van der Waals surface area contributed by atoms with Crippen LogP contribution in [-0.2, 0) is 14.3 Å². The predicted octanol–water partition coefficient (Wildman–Crippen LogP) is 1.01. The van der Waals surface area contributed by atoms with Crippen molar-refractivity contribution in [3.63, 3.8) is 0 Å². The first-order valence-corrected chi connectivity index (χ1v) is 7.74. The molecule has 0 rings (SSSR count). The van der Waals surface area contributed by atoms with Gasteiger partial charge in [-0.1, -0.05) is 0 Å². The van der Waals surface area contributed by atoms with Crippen molar-refractivity contribution in [1.82, 2.24) is 10.6 Å². The number of hydrogen-bond acceptors (Lipinski definition) is 5. The number of carbonyl (C=O) groups excluding carboxylic acids is 2. The summed E-state index contributed by atoms with van der Waals surface area (Å²) in [5, 5.41) is 5.30. The Morgan fingerprint density at radius 2 is 2.11 bits per heavy atom. The van der Waals surface area contributed by atoms with Gasteiger partial charge in [-0.05, 0) is 31.8 Å². The maximum atomic E-state index is 11.6. The third-order valence-corrected chi connectivity index (χ3v) is 3.00. The Kier molecular flexibility index (Phi) is 11.5. The van der Waals surface area contributed by atoms with Crippen LogP contribution < -0.4 is 10.6 Å². The van der Waals surface area contributed by atoms with Crippen LogP contribution in [0.1, 0.15) is 19.8 Å². The molecule has 0 saturated carbocycles. The van der Waals surface area contributed by atoms with Crippen LogP contribution in [0.15, 0.2) is 0 Å². The highest BCUT2D eigenvalue weighted by atomic mass is 32.2. The highest BCUT2D eigenvalue weighted by molar-refractivity contribution is 7.98. The van der Waals surface area contributed by atoms with E-state index >= 15 is 0 Å². The Morgan fingerprint density at radius 3 is 2.68 bits per heavy atom. The van der Waals surface area contributed by atoms with Gasteiger partial charge < -0.3 is 20.1 Å². The van der Waals surface area contributed by atoms with Crippen molar-refractivity contribution in [2.45, 2.75) is 25.8 Å². The first kappa shape index (κ1) is 18.0. The van der Waals surface area contributed by atoms with Crippen molar-refractivity contribution < 1.29 is 19.1 Å². The fraction of sp³-hybridized carbons (Fsp3) is 0.833. The number of rotatable bonds is 10. The highest BCUT2D eigenvalue weighted by Crippen LogP contribution is 2.02. The summed E-state index contributed by atoms with van der Waals surface area (Å²) in [6.07, 6.45) is 3.25. The minimum absolute atomic E-state index is 0.354. The SMILES string of the molecule is CCOCCCNC(=O)NC(CCSC)C(=O)OC. The summed E-state index contributed by atoms with van der Waals surface area (Å²) in [5.74, 6) is 0.364. The zero-order valence-electron chi connectivity index (χ0n) is 11.9. The van der Waals surface area contributed by atoms with Gasteiger partial charge in [0.1, 0.15) is 6.04 Å². The Labute approximate surface area is 119 Å². The number of methoxy groups -OCH3 is 1.